The number of carbonyl (C=O) groups is 1. The Balaban J connectivity index is 0.00000162. The predicted molar refractivity (Wildman–Crippen MR) is 74.4 cm³/mol. The zero-order valence-electron chi connectivity index (χ0n) is 10.0. The maximum Gasteiger partial charge on any atom is 0.320 e. The maximum absolute atomic E-state index is 11.2. The number of benzene rings is 1. The van der Waals surface area contributed by atoms with Crippen LogP contribution in [0.25, 0.3) is 0 Å². The Kier molecular flexibility index (Phi) is 5.93. The van der Waals surface area contributed by atoms with E-state index in [-0.39, 0.29) is 18.4 Å². The van der Waals surface area contributed by atoms with Crippen LogP contribution in [0.15, 0.2) is 24.3 Å². The normalized spacial score (nSPS) is 20.2. The van der Waals surface area contributed by atoms with Gasteiger partial charge in [0.15, 0.2) is 0 Å². The lowest BCUT2D eigenvalue weighted by Crippen LogP contribution is -2.44. The van der Waals surface area contributed by atoms with E-state index in [1.165, 1.54) is 0 Å². The van der Waals surface area contributed by atoms with Crippen LogP contribution in [0.2, 0.25) is 5.02 Å². The van der Waals surface area contributed by atoms with Crippen LogP contribution in [0.1, 0.15) is 24.8 Å². The highest BCUT2D eigenvalue weighted by Gasteiger charge is 2.28. The minimum atomic E-state index is -0.725. The molecule has 1 aliphatic rings. The van der Waals surface area contributed by atoms with Crippen LogP contribution in [0.4, 0.5) is 0 Å². The third-order valence-corrected chi connectivity index (χ3v) is 3.60. The number of hydrogen-bond donors (Lipinski definition) is 1. The Labute approximate surface area is 118 Å². The molecule has 1 unspecified atom stereocenters. The molecule has 2 rings (SSSR count). The largest absolute Gasteiger partial charge is 0.480 e. The minimum Gasteiger partial charge on any atom is -0.480 e. The van der Waals surface area contributed by atoms with Crippen molar-refractivity contribution in [3.8, 4) is 0 Å². The highest BCUT2D eigenvalue weighted by molar-refractivity contribution is 6.31. The molecule has 0 aromatic heterocycles. The van der Waals surface area contributed by atoms with Gasteiger partial charge in [0.25, 0.3) is 0 Å². The van der Waals surface area contributed by atoms with Gasteiger partial charge in [-0.3, -0.25) is 9.69 Å². The lowest BCUT2D eigenvalue weighted by atomic mass is 10.0. The van der Waals surface area contributed by atoms with Crippen LogP contribution in [-0.4, -0.2) is 28.6 Å². The molecule has 1 N–H and O–H groups in total. The van der Waals surface area contributed by atoms with E-state index in [1.54, 1.807) is 0 Å². The molecule has 0 radical (unpaired) electrons. The van der Waals surface area contributed by atoms with Gasteiger partial charge in [-0.2, -0.15) is 0 Å². The van der Waals surface area contributed by atoms with Crippen molar-refractivity contribution in [1.82, 2.24) is 4.90 Å². The second-order valence-electron chi connectivity index (χ2n) is 4.41. The molecule has 1 aromatic carbocycles. The highest BCUT2D eigenvalue weighted by Crippen LogP contribution is 2.23. The van der Waals surface area contributed by atoms with Crippen LogP contribution in [0.3, 0.4) is 0 Å². The zero-order valence-corrected chi connectivity index (χ0v) is 11.6. The second kappa shape index (κ2) is 6.98. The molecule has 1 aromatic rings. The van der Waals surface area contributed by atoms with Crippen molar-refractivity contribution < 1.29 is 9.90 Å². The number of aliphatic carboxylic acids is 1. The van der Waals surface area contributed by atoms with Crippen LogP contribution in [0, 0.1) is 0 Å². The summed E-state index contributed by atoms with van der Waals surface area (Å²) < 4.78 is 0. The average Bonchev–Trinajstić information content (AvgIpc) is 2.32. The molecular formula is C13H17Cl2NO2. The van der Waals surface area contributed by atoms with E-state index in [0.29, 0.717) is 11.6 Å². The van der Waals surface area contributed by atoms with Crippen molar-refractivity contribution in [3.63, 3.8) is 0 Å². The average molecular weight is 290 g/mol. The van der Waals surface area contributed by atoms with Gasteiger partial charge in [-0.1, -0.05) is 36.2 Å². The molecule has 5 heteroatoms. The molecule has 1 fully saturated rings. The first-order chi connectivity index (χ1) is 8.18. The Morgan fingerprint density at radius 2 is 2.11 bits per heavy atom. The Hall–Kier alpha value is -0.770. The predicted octanol–water partition coefficient (Wildman–Crippen LogP) is 3.20. The van der Waals surface area contributed by atoms with Gasteiger partial charge in [-0.05, 0) is 31.0 Å². The molecule has 1 atom stereocenters. The molecular weight excluding hydrogens is 273 g/mol. The maximum atomic E-state index is 11.2. The van der Waals surface area contributed by atoms with Gasteiger partial charge in [0.2, 0.25) is 0 Å². The number of nitrogens with zero attached hydrogens (tertiary/aromatic N) is 1. The molecule has 0 amide bonds. The molecule has 1 heterocycles. The smallest absolute Gasteiger partial charge is 0.320 e. The lowest BCUT2D eigenvalue weighted by Gasteiger charge is -2.33. The summed E-state index contributed by atoms with van der Waals surface area (Å²) in [5.74, 6) is -0.725. The summed E-state index contributed by atoms with van der Waals surface area (Å²) in [6, 6.07) is 7.25. The second-order valence-corrected chi connectivity index (χ2v) is 4.82. The van der Waals surface area contributed by atoms with E-state index >= 15 is 0 Å². The van der Waals surface area contributed by atoms with Crippen molar-refractivity contribution in [2.45, 2.75) is 31.8 Å². The molecule has 18 heavy (non-hydrogen) atoms. The number of hydrogen-bond acceptors (Lipinski definition) is 2. The summed E-state index contributed by atoms with van der Waals surface area (Å²) in [5, 5.41) is 9.89. The SMILES string of the molecule is Cl.O=C(O)C1CCCCN1Cc1ccccc1Cl. The summed E-state index contributed by atoms with van der Waals surface area (Å²) in [4.78, 5) is 13.2. The standard InChI is InChI=1S/C13H16ClNO2.ClH/c14-11-6-2-1-5-10(11)9-15-8-4-3-7-12(15)13(16)17;/h1-2,5-6,12H,3-4,7-9H2,(H,16,17);1H. The highest BCUT2D eigenvalue weighted by atomic mass is 35.5. The van der Waals surface area contributed by atoms with Crippen LogP contribution < -0.4 is 0 Å². The topological polar surface area (TPSA) is 40.5 Å². The molecule has 0 saturated carbocycles. The molecule has 1 saturated heterocycles. The van der Waals surface area contributed by atoms with Crippen molar-refractivity contribution in [3.05, 3.63) is 34.9 Å². The lowest BCUT2D eigenvalue weighted by molar-refractivity contribution is -0.144. The van der Waals surface area contributed by atoms with Crippen molar-refractivity contribution >= 4 is 30.0 Å². The molecule has 0 spiro atoms. The van der Waals surface area contributed by atoms with Gasteiger partial charge < -0.3 is 5.11 Å². The molecule has 3 nitrogen and oxygen atoms in total. The number of rotatable bonds is 3. The van der Waals surface area contributed by atoms with Crippen molar-refractivity contribution in [2.24, 2.45) is 0 Å². The molecule has 0 bridgehead atoms. The zero-order chi connectivity index (χ0) is 12.3. The van der Waals surface area contributed by atoms with Gasteiger partial charge in [-0.15, -0.1) is 12.4 Å². The van der Waals surface area contributed by atoms with E-state index in [1.807, 2.05) is 29.2 Å². The van der Waals surface area contributed by atoms with E-state index in [0.717, 1.165) is 31.4 Å². The number of likely N-dealkylation sites (tertiary alicyclic amines) is 1. The summed E-state index contributed by atoms with van der Waals surface area (Å²) in [5.41, 5.74) is 1.00. The van der Waals surface area contributed by atoms with E-state index in [2.05, 4.69) is 0 Å². The summed E-state index contributed by atoms with van der Waals surface area (Å²) in [6.07, 6.45) is 2.80. The fourth-order valence-corrected chi connectivity index (χ4v) is 2.50. The monoisotopic (exact) mass is 289 g/mol. The number of carboxylic acids is 1. The quantitative estimate of drug-likeness (QED) is 0.929. The van der Waals surface area contributed by atoms with Crippen LogP contribution in [0.5, 0.6) is 0 Å². The Morgan fingerprint density at radius 1 is 1.39 bits per heavy atom. The Bertz CT molecular complexity index is 412. The van der Waals surface area contributed by atoms with Gasteiger partial charge in [0, 0.05) is 11.6 Å². The van der Waals surface area contributed by atoms with Gasteiger partial charge >= 0.3 is 5.97 Å². The van der Waals surface area contributed by atoms with Gasteiger partial charge in [0.1, 0.15) is 6.04 Å². The molecule has 100 valence electrons. The number of piperidine rings is 1. The Morgan fingerprint density at radius 3 is 2.78 bits per heavy atom. The fraction of sp³-hybridized carbons (Fsp3) is 0.462. The van der Waals surface area contributed by atoms with Crippen LogP contribution >= 0.6 is 24.0 Å². The van der Waals surface area contributed by atoms with E-state index in [9.17, 15) is 9.90 Å². The van der Waals surface area contributed by atoms with Crippen molar-refractivity contribution in [2.75, 3.05) is 6.54 Å². The van der Waals surface area contributed by atoms with Gasteiger partial charge in [0.05, 0.1) is 0 Å². The number of carboxylic acid groups (broad SMARTS) is 1. The molecule has 0 aliphatic carbocycles. The molecule has 1 aliphatic heterocycles. The summed E-state index contributed by atoms with van der Waals surface area (Å²) >= 11 is 6.10. The minimum absolute atomic E-state index is 0. The fourth-order valence-electron chi connectivity index (χ4n) is 2.31. The summed E-state index contributed by atoms with van der Waals surface area (Å²) in [6.45, 7) is 1.46. The van der Waals surface area contributed by atoms with E-state index in [4.69, 9.17) is 11.6 Å². The third-order valence-electron chi connectivity index (χ3n) is 3.23. The van der Waals surface area contributed by atoms with Crippen LogP contribution in [-0.2, 0) is 11.3 Å². The first kappa shape index (κ1) is 15.3. The number of halogens is 2. The van der Waals surface area contributed by atoms with Gasteiger partial charge in [-0.25, -0.2) is 0 Å². The summed E-state index contributed by atoms with van der Waals surface area (Å²) in [7, 11) is 0. The van der Waals surface area contributed by atoms with E-state index < -0.39 is 5.97 Å². The van der Waals surface area contributed by atoms with Crippen molar-refractivity contribution in [1.29, 1.82) is 0 Å². The first-order valence-corrected chi connectivity index (χ1v) is 6.26. The first-order valence-electron chi connectivity index (χ1n) is 5.89. The third kappa shape index (κ3) is 3.61.